The van der Waals surface area contributed by atoms with E-state index in [1.165, 1.54) is 41.7 Å². The van der Waals surface area contributed by atoms with Gasteiger partial charge < -0.3 is 9.47 Å². The third-order valence-electron chi connectivity index (χ3n) is 5.47. The van der Waals surface area contributed by atoms with Crippen molar-refractivity contribution in [2.45, 2.75) is 0 Å². The molecule has 0 N–H and O–H groups in total. The molecular weight excluding hydrogens is 344 g/mol. The van der Waals surface area contributed by atoms with Gasteiger partial charge in [-0.05, 0) is 66.0 Å². The first-order valence-electron chi connectivity index (χ1n) is 9.36. The molecule has 1 aliphatic carbocycles. The Balaban J connectivity index is 2.34. The van der Waals surface area contributed by atoms with Gasteiger partial charge in [0.05, 0.1) is 14.2 Å². The lowest BCUT2D eigenvalue weighted by Gasteiger charge is -2.06. The van der Waals surface area contributed by atoms with E-state index >= 15 is 0 Å². The molecule has 1 aliphatic rings. The van der Waals surface area contributed by atoms with Crippen LogP contribution in [0, 0.1) is 41.7 Å². The number of methoxy groups -OCH3 is 2. The predicted octanol–water partition coefficient (Wildman–Crippen LogP) is 5.17. The first kappa shape index (κ1) is 16.6. The lowest BCUT2D eigenvalue weighted by molar-refractivity contribution is 0.414. The van der Waals surface area contributed by atoms with Crippen LogP contribution < -0.4 is 9.47 Å². The van der Waals surface area contributed by atoms with E-state index in [-0.39, 0.29) is 0 Å². The molecular formula is C26H20O2. The van der Waals surface area contributed by atoms with Crippen LogP contribution in [0.3, 0.4) is 0 Å². The summed E-state index contributed by atoms with van der Waals surface area (Å²) in [5.41, 5.74) is 0. The molecule has 0 atom stereocenters. The molecule has 0 saturated carbocycles. The van der Waals surface area contributed by atoms with Crippen molar-refractivity contribution in [3.8, 4) is 11.5 Å². The molecule has 2 heteroatoms. The van der Waals surface area contributed by atoms with E-state index in [0.717, 1.165) is 11.5 Å². The average molecular weight is 364 g/mol. The van der Waals surface area contributed by atoms with E-state index in [1.807, 2.05) is 12.1 Å². The molecule has 0 radical (unpaired) electrons. The van der Waals surface area contributed by atoms with Crippen molar-refractivity contribution in [2.24, 2.45) is 0 Å². The minimum Gasteiger partial charge on any atom is -0.497 e. The Morgan fingerprint density at radius 3 is 1.07 bits per heavy atom. The number of hydrogen-bond donors (Lipinski definition) is 0. The minimum absolute atomic E-state index is 0.859. The summed E-state index contributed by atoms with van der Waals surface area (Å²) in [6.45, 7) is 0. The highest BCUT2D eigenvalue weighted by atomic mass is 16.5. The molecule has 0 fully saturated rings. The van der Waals surface area contributed by atoms with Crippen LogP contribution in [0.5, 0.6) is 11.5 Å². The van der Waals surface area contributed by atoms with Crippen LogP contribution in [0.15, 0.2) is 84.9 Å². The second-order valence-electron chi connectivity index (χ2n) is 6.91. The van der Waals surface area contributed by atoms with Gasteiger partial charge >= 0.3 is 0 Å². The molecule has 28 heavy (non-hydrogen) atoms. The van der Waals surface area contributed by atoms with Gasteiger partial charge in [-0.3, -0.25) is 0 Å². The van der Waals surface area contributed by atoms with Crippen molar-refractivity contribution in [1.82, 2.24) is 0 Å². The maximum Gasteiger partial charge on any atom is 0.119 e. The molecule has 0 saturated heterocycles. The van der Waals surface area contributed by atoms with Gasteiger partial charge in [-0.1, -0.05) is 60.7 Å². The lowest BCUT2D eigenvalue weighted by Crippen LogP contribution is -1.92. The zero-order valence-corrected chi connectivity index (χ0v) is 15.9. The Labute approximate surface area is 162 Å². The fourth-order valence-corrected chi connectivity index (χ4v) is 4.12. The summed E-state index contributed by atoms with van der Waals surface area (Å²) in [5, 5.41) is 9.62. The zero-order chi connectivity index (χ0) is 19.1. The fourth-order valence-electron chi connectivity index (χ4n) is 4.12. The number of rotatable bonds is 2. The number of ether oxygens (including phenoxy) is 2. The fraction of sp³-hybridized carbons (Fsp3) is 0.0769. The Hall–Kier alpha value is -3.52. The number of benzene rings is 4. The maximum atomic E-state index is 5.54. The second kappa shape index (κ2) is 6.58. The molecule has 4 aromatic carbocycles. The molecule has 136 valence electrons. The summed E-state index contributed by atoms with van der Waals surface area (Å²) in [6, 6.07) is 29.8. The van der Waals surface area contributed by atoms with Crippen LogP contribution >= 0.6 is 0 Å². The average Bonchev–Trinajstić information content (AvgIpc) is 2.77. The Morgan fingerprint density at radius 1 is 0.393 bits per heavy atom. The largest absolute Gasteiger partial charge is 0.497 e. The van der Waals surface area contributed by atoms with E-state index in [1.54, 1.807) is 14.2 Å². The summed E-state index contributed by atoms with van der Waals surface area (Å²) >= 11 is 0. The molecule has 0 heterocycles. The summed E-state index contributed by atoms with van der Waals surface area (Å²) in [7, 11) is 3.43. The van der Waals surface area contributed by atoms with Crippen molar-refractivity contribution < 1.29 is 9.47 Å². The summed E-state index contributed by atoms with van der Waals surface area (Å²) in [5.74, 6) is 1.72. The number of hydrogen-bond acceptors (Lipinski definition) is 2. The van der Waals surface area contributed by atoms with Crippen LogP contribution in [0.2, 0.25) is 0 Å². The standard InChI is InChI=1S/C26H20O2/c1-27-17-11-13-23-24-14-12-18(28-2)16-26(24)22-10-6-4-8-20(22)19-7-3-5-9-21(19)25(23)15-17/h3-16H,1-2H3/b20-19-,24-23-,25-21-,26-22-. The molecule has 0 aromatic heterocycles. The number of fused-ring (bicyclic) bond motifs is 4. The molecule has 2 nitrogen and oxygen atoms in total. The van der Waals surface area contributed by atoms with Gasteiger partial charge in [-0.2, -0.15) is 0 Å². The van der Waals surface area contributed by atoms with Crippen LogP contribution in [0.25, 0.3) is 0 Å². The SMILES string of the molecule is COc1ccc2/c(c1)=c1/cccc/c1=c1\cccc\c1=c1/cc(OC)cc/c1=2. The van der Waals surface area contributed by atoms with Crippen molar-refractivity contribution in [3.63, 3.8) is 0 Å². The van der Waals surface area contributed by atoms with Gasteiger partial charge in [-0.15, -0.1) is 0 Å². The zero-order valence-electron chi connectivity index (χ0n) is 15.9. The monoisotopic (exact) mass is 364 g/mol. The Bertz CT molecular complexity index is 1470. The highest BCUT2D eigenvalue weighted by Crippen LogP contribution is 2.19. The van der Waals surface area contributed by atoms with E-state index in [9.17, 15) is 0 Å². The van der Waals surface area contributed by atoms with E-state index < -0.39 is 0 Å². The van der Waals surface area contributed by atoms with Gasteiger partial charge in [0.1, 0.15) is 11.5 Å². The molecule has 0 amide bonds. The third-order valence-corrected chi connectivity index (χ3v) is 5.47. The first-order chi connectivity index (χ1) is 13.8. The normalized spacial score (nSPS) is 16.4. The predicted molar refractivity (Wildman–Crippen MR) is 110 cm³/mol. The molecule has 0 spiro atoms. The van der Waals surface area contributed by atoms with E-state index in [0.29, 0.717) is 0 Å². The summed E-state index contributed by atoms with van der Waals surface area (Å²) in [4.78, 5) is 0. The van der Waals surface area contributed by atoms with Gasteiger partial charge in [0, 0.05) is 0 Å². The molecule has 5 rings (SSSR count). The van der Waals surface area contributed by atoms with Crippen molar-refractivity contribution in [3.05, 3.63) is 127 Å². The van der Waals surface area contributed by atoms with Crippen LogP contribution in [-0.4, -0.2) is 14.2 Å². The van der Waals surface area contributed by atoms with Crippen LogP contribution in [-0.2, 0) is 0 Å². The molecule has 0 bridgehead atoms. The van der Waals surface area contributed by atoms with E-state index in [2.05, 4.69) is 72.8 Å². The van der Waals surface area contributed by atoms with Gasteiger partial charge in [0.2, 0.25) is 0 Å². The molecule has 0 aliphatic heterocycles. The van der Waals surface area contributed by atoms with Crippen LogP contribution in [0.4, 0.5) is 0 Å². The Kier molecular flexibility index (Phi) is 3.91. The van der Waals surface area contributed by atoms with Crippen molar-refractivity contribution in [1.29, 1.82) is 0 Å². The van der Waals surface area contributed by atoms with Crippen molar-refractivity contribution in [2.75, 3.05) is 14.2 Å². The smallest absolute Gasteiger partial charge is 0.119 e. The lowest BCUT2D eigenvalue weighted by atomic mass is 10.0. The highest BCUT2D eigenvalue weighted by molar-refractivity contribution is 5.35. The minimum atomic E-state index is 0.859. The van der Waals surface area contributed by atoms with Gasteiger partial charge in [0.25, 0.3) is 0 Å². The van der Waals surface area contributed by atoms with Crippen molar-refractivity contribution >= 4 is 0 Å². The first-order valence-corrected chi connectivity index (χ1v) is 9.36. The quantitative estimate of drug-likeness (QED) is 0.430. The summed E-state index contributed by atoms with van der Waals surface area (Å²) < 4.78 is 11.1. The van der Waals surface area contributed by atoms with Crippen LogP contribution in [0.1, 0.15) is 0 Å². The highest BCUT2D eigenvalue weighted by Gasteiger charge is 2.03. The summed E-state index contributed by atoms with van der Waals surface area (Å²) in [6.07, 6.45) is 0. The van der Waals surface area contributed by atoms with Gasteiger partial charge in [0.15, 0.2) is 0 Å². The topological polar surface area (TPSA) is 18.5 Å². The third kappa shape index (κ3) is 2.49. The Morgan fingerprint density at radius 2 is 0.714 bits per heavy atom. The van der Waals surface area contributed by atoms with Gasteiger partial charge in [-0.25, -0.2) is 0 Å². The molecule has 0 unspecified atom stereocenters. The molecule has 4 aromatic rings. The second-order valence-corrected chi connectivity index (χ2v) is 6.91. The maximum absolute atomic E-state index is 5.54. The van der Waals surface area contributed by atoms with E-state index in [4.69, 9.17) is 9.47 Å².